The van der Waals surface area contributed by atoms with Gasteiger partial charge in [0.05, 0.1) is 10.9 Å². The summed E-state index contributed by atoms with van der Waals surface area (Å²) in [4.78, 5) is 6.38. The number of aromatic nitrogens is 2. The summed E-state index contributed by atoms with van der Waals surface area (Å²) in [6.07, 6.45) is 6.52. The van der Waals surface area contributed by atoms with Crippen LogP contribution in [0.2, 0.25) is 0 Å². The Kier molecular flexibility index (Phi) is 5.05. The van der Waals surface area contributed by atoms with E-state index in [0.717, 1.165) is 58.9 Å². The molecule has 144 valence electrons. The third-order valence-electron chi connectivity index (χ3n) is 5.22. The Bertz CT molecular complexity index is 1050. The number of thiazole rings is 1. The standard InChI is InChI=1S/C19H22FN3O2S2/c1-13-18(11-21-27(24,25)16-5-3-2-4-6-16)26-19-22-17(12-23(13)19)14-7-9-15(20)10-8-14/h7-10,12,16,21H,2-6,11H2,1H3. The molecule has 1 aliphatic rings. The van der Waals surface area contributed by atoms with Crippen molar-refractivity contribution in [3.8, 4) is 11.3 Å². The number of nitrogens with zero attached hydrogens (tertiary/aromatic N) is 2. The van der Waals surface area contributed by atoms with Crippen molar-refractivity contribution >= 4 is 26.3 Å². The number of rotatable bonds is 5. The first-order valence-electron chi connectivity index (χ1n) is 9.16. The molecule has 0 atom stereocenters. The van der Waals surface area contributed by atoms with Crippen molar-refractivity contribution in [2.24, 2.45) is 0 Å². The highest BCUT2D eigenvalue weighted by Crippen LogP contribution is 2.28. The van der Waals surface area contributed by atoms with E-state index in [1.165, 1.54) is 23.5 Å². The van der Waals surface area contributed by atoms with Gasteiger partial charge >= 0.3 is 0 Å². The monoisotopic (exact) mass is 407 g/mol. The van der Waals surface area contributed by atoms with Gasteiger partial charge in [-0.15, -0.1) is 0 Å². The molecular formula is C19H22FN3O2S2. The predicted molar refractivity (Wildman–Crippen MR) is 106 cm³/mol. The molecule has 2 heterocycles. The lowest BCUT2D eigenvalue weighted by Crippen LogP contribution is -2.35. The Labute approximate surface area is 162 Å². The van der Waals surface area contributed by atoms with Crippen LogP contribution in [0, 0.1) is 12.7 Å². The first kappa shape index (κ1) is 18.6. The molecule has 1 aromatic carbocycles. The van der Waals surface area contributed by atoms with E-state index in [1.807, 2.05) is 17.5 Å². The maximum Gasteiger partial charge on any atom is 0.214 e. The van der Waals surface area contributed by atoms with Crippen molar-refractivity contribution in [1.29, 1.82) is 0 Å². The molecule has 4 rings (SSSR count). The number of aryl methyl sites for hydroxylation is 1. The van der Waals surface area contributed by atoms with Gasteiger partial charge in [-0.1, -0.05) is 30.6 Å². The van der Waals surface area contributed by atoms with Crippen LogP contribution < -0.4 is 4.72 Å². The van der Waals surface area contributed by atoms with Crippen LogP contribution in [0.15, 0.2) is 30.5 Å². The summed E-state index contributed by atoms with van der Waals surface area (Å²) in [6, 6.07) is 6.24. The van der Waals surface area contributed by atoms with Crippen molar-refractivity contribution < 1.29 is 12.8 Å². The van der Waals surface area contributed by atoms with Gasteiger partial charge < -0.3 is 0 Å². The van der Waals surface area contributed by atoms with Crippen LogP contribution >= 0.6 is 11.3 Å². The maximum atomic E-state index is 13.1. The van der Waals surface area contributed by atoms with Crippen LogP contribution in [0.1, 0.15) is 42.7 Å². The van der Waals surface area contributed by atoms with Crippen LogP contribution in [0.3, 0.4) is 0 Å². The molecule has 2 aromatic heterocycles. The Balaban J connectivity index is 1.52. The Morgan fingerprint density at radius 1 is 1.22 bits per heavy atom. The number of hydrogen-bond acceptors (Lipinski definition) is 4. The summed E-state index contributed by atoms with van der Waals surface area (Å²) in [5.41, 5.74) is 2.60. The third kappa shape index (κ3) is 3.79. The van der Waals surface area contributed by atoms with E-state index in [2.05, 4.69) is 9.71 Å². The van der Waals surface area contributed by atoms with Gasteiger partial charge in [-0.2, -0.15) is 0 Å². The molecule has 5 nitrogen and oxygen atoms in total. The zero-order valence-electron chi connectivity index (χ0n) is 15.1. The van der Waals surface area contributed by atoms with E-state index in [9.17, 15) is 12.8 Å². The zero-order chi connectivity index (χ0) is 19.0. The molecule has 8 heteroatoms. The van der Waals surface area contributed by atoms with Gasteiger partial charge in [0.15, 0.2) is 4.96 Å². The molecule has 1 aliphatic carbocycles. The number of sulfonamides is 1. The molecule has 3 aromatic rings. The summed E-state index contributed by atoms with van der Waals surface area (Å²) in [7, 11) is -3.28. The molecule has 0 spiro atoms. The summed E-state index contributed by atoms with van der Waals surface area (Å²) >= 11 is 1.48. The second-order valence-electron chi connectivity index (χ2n) is 7.02. The van der Waals surface area contributed by atoms with Crippen molar-refractivity contribution in [1.82, 2.24) is 14.1 Å². The SMILES string of the molecule is Cc1c(CNS(=O)(=O)C2CCCCC2)sc2nc(-c3ccc(F)cc3)cn12. The van der Waals surface area contributed by atoms with Gasteiger partial charge in [-0.05, 0) is 44.0 Å². The fraction of sp³-hybridized carbons (Fsp3) is 0.421. The molecule has 0 amide bonds. The van der Waals surface area contributed by atoms with E-state index in [4.69, 9.17) is 0 Å². The van der Waals surface area contributed by atoms with Gasteiger partial charge in [0, 0.05) is 28.9 Å². The normalized spacial score (nSPS) is 16.2. The molecule has 0 bridgehead atoms. The van der Waals surface area contributed by atoms with Gasteiger partial charge in [-0.25, -0.2) is 22.5 Å². The second kappa shape index (κ2) is 7.33. The van der Waals surface area contributed by atoms with Crippen LogP contribution in [-0.4, -0.2) is 23.1 Å². The van der Waals surface area contributed by atoms with Crippen molar-refractivity contribution in [2.45, 2.75) is 50.8 Å². The molecule has 1 saturated carbocycles. The van der Waals surface area contributed by atoms with E-state index < -0.39 is 10.0 Å². The maximum absolute atomic E-state index is 13.1. The average molecular weight is 408 g/mol. The molecule has 0 saturated heterocycles. The number of nitrogens with one attached hydrogen (secondary N) is 1. The van der Waals surface area contributed by atoms with Gasteiger partial charge in [0.25, 0.3) is 0 Å². The molecule has 0 radical (unpaired) electrons. The second-order valence-corrected chi connectivity index (χ2v) is 10.1. The first-order chi connectivity index (χ1) is 12.9. The Morgan fingerprint density at radius 2 is 1.93 bits per heavy atom. The lowest BCUT2D eigenvalue weighted by atomic mass is 10.0. The summed E-state index contributed by atoms with van der Waals surface area (Å²) < 4.78 is 42.9. The van der Waals surface area contributed by atoms with Crippen molar-refractivity contribution in [2.75, 3.05) is 0 Å². The van der Waals surface area contributed by atoms with Crippen molar-refractivity contribution in [3.63, 3.8) is 0 Å². The molecule has 1 N–H and O–H groups in total. The largest absolute Gasteiger partial charge is 0.294 e. The highest BCUT2D eigenvalue weighted by atomic mass is 32.2. The molecule has 27 heavy (non-hydrogen) atoms. The van der Waals surface area contributed by atoms with Gasteiger partial charge in [0.2, 0.25) is 10.0 Å². The van der Waals surface area contributed by atoms with Crippen LogP contribution in [0.4, 0.5) is 4.39 Å². The van der Waals surface area contributed by atoms with Crippen LogP contribution in [-0.2, 0) is 16.6 Å². The highest BCUT2D eigenvalue weighted by Gasteiger charge is 2.27. The fourth-order valence-corrected chi connectivity index (χ4v) is 6.25. The number of fused-ring (bicyclic) bond motifs is 1. The highest BCUT2D eigenvalue weighted by molar-refractivity contribution is 7.90. The lowest BCUT2D eigenvalue weighted by Gasteiger charge is -2.21. The summed E-state index contributed by atoms with van der Waals surface area (Å²) in [5.74, 6) is -0.275. The third-order valence-corrected chi connectivity index (χ3v) is 8.27. The molecule has 1 fully saturated rings. The van der Waals surface area contributed by atoms with E-state index in [1.54, 1.807) is 12.1 Å². The summed E-state index contributed by atoms with van der Waals surface area (Å²) in [5, 5.41) is -0.263. The number of halogens is 1. The smallest absolute Gasteiger partial charge is 0.214 e. The summed E-state index contributed by atoms with van der Waals surface area (Å²) in [6.45, 7) is 2.26. The fourth-order valence-electron chi connectivity index (χ4n) is 3.58. The van der Waals surface area contributed by atoms with E-state index >= 15 is 0 Å². The van der Waals surface area contributed by atoms with Crippen LogP contribution in [0.5, 0.6) is 0 Å². The average Bonchev–Trinajstić information content (AvgIpc) is 3.21. The number of benzene rings is 1. The zero-order valence-corrected chi connectivity index (χ0v) is 16.7. The Morgan fingerprint density at radius 3 is 2.59 bits per heavy atom. The van der Waals surface area contributed by atoms with Crippen LogP contribution in [0.25, 0.3) is 16.2 Å². The van der Waals surface area contributed by atoms with E-state index in [0.29, 0.717) is 6.54 Å². The number of imidazole rings is 1. The number of hydrogen-bond donors (Lipinski definition) is 1. The minimum absolute atomic E-state index is 0.263. The predicted octanol–water partition coefficient (Wildman–Crippen LogP) is 4.26. The first-order valence-corrected chi connectivity index (χ1v) is 11.5. The molecule has 0 aliphatic heterocycles. The minimum Gasteiger partial charge on any atom is -0.294 e. The van der Waals surface area contributed by atoms with Gasteiger partial charge in [-0.3, -0.25) is 4.40 Å². The topological polar surface area (TPSA) is 63.5 Å². The van der Waals surface area contributed by atoms with Crippen molar-refractivity contribution in [3.05, 3.63) is 46.9 Å². The minimum atomic E-state index is -3.28. The lowest BCUT2D eigenvalue weighted by molar-refractivity contribution is 0.477. The quantitative estimate of drug-likeness (QED) is 0.687. The Hall–Kier alpha value is -1.77. The van der Waals surface area contributed by atoms with Gasteiger partial charge in [0.1, 0.15) is 5.82 Å². The molecular weight excluding hydrogens is 385 g/mol. The molecule has 0 unspecified atom stereocenters. The van der Waals surface area contributed by atoms with E-state index in [-0.39, 0.29) is 11.1 Å².